The van der Waals surface area contributed by atoms with Gasteiger partial charge < -0.3 is 9.88 Å². The van der Waals surface area contributed by atoms with Gasteiger partial charge in [0, 0.05) is 11.6 Å². The number of carbonyl (C=O) groups excluding carboxylic acids is 1. The quantitative estimate of drug-likeness (QED) is 0.535. The molecule has 0 saturated carbocycles. The van der Waals surface area contributed by atoms with Gasteiger partial charge in [0.25, 0.3) is 11.5 Å². The predicted octanol–water partition coefficient (Wildman–Crippen LogP) is 2.61. The van der Waals surface area contributed by atoms with E-state index in [1.54, 1.807) is 46.2 Å². The molecule has 0 unspecified atom stereocenters. The zero-order valence-electron chi connectivity index (χ0n) is 16.8. The fraction of sp³-hybridized carbons (Fsp3) is 0.227. The second kappa shape index (κ2) is 8.28. The zero-order valence-corrected chi connectivity index (χ0v) is 16.8. The van der Waals surface area contributed by atoms with Crippen LogP contribution in [0.4, 0.5) is 0 Å². The minimum absolute atomic E-state index is 0.0657. The number of fused-ring (bicyclic) bond motifs is 1. The molecule has 0 atom stereocenters. The van der Waals surface area contributed by atoms with Crippen molar-refractivity contribution in [3.05, 3.63) is 88.5 Å². The Hall–Kier alpha value is -3.81. The van der Waals surface area contributed by atoms with Crippen molar-refractivity contribution in [2.75, 3.05) is 0 Å². The molecule has 4 rings (SSSR count). The molecule has 0 saturated heterocycles. The maximum absolute atomic E-state index is 13.1. The number of aromatic nitrogens is 5. The van der Waals surface area contributed by atoms with Crippen molar-refractivity contribution >= 4 is 16.8 Å². The number of benzene rings is 2. The first-order valence-corrected chi connectivity index (χ1v) is 9.71. The number of rotatable bonds is 6. The van der Waals surface area contributed by atoms with Gasteiger partial charge in [0.2, 0.25) is 0 Å². The molecule has 1 N–H and O–H groups in total. The topological polar surface area (TPSA) is 96.8 Å². The van der Waals surface area contributed by atoms with Gasteiger partial charge in [-0.25, -0.2) is 14.6 Å². The Morgan fingerprint density at radius 3 is 2.60 bits per heavy atom. The molecule has 30 heavy (non-hydrogen) atoms. The van der Waals surface area contributed by atoms with E-state index in [-0.39, 0.29) is 24.1 Å². The molecule has 8 heteroatoms. The van der Waals surface area contributed by atoms with E-state index in [4.69, 9.17) is 0 Å². The molecule has 0 spiro atoms. The number of nitrogens with one attached hydrogen (secondary N) is 1. The predicted molar refractivity (Wildman–Crippen MR) is 113 cm³/mol. The molecule has 0 radical (unpaired) electrons. The summed E-state index contributed by atoms with van der Waals surface area (Å²) in [6, 6.07) is 14.5. The van der Waals surface area contributed by atoms with Crippen molar-refractivity contribution in [2.24, 2.45) is 0 Å². The summed E-state index contributed by atoms with van der Waals surface area (Å²) in [6.45, 7) is 4.69. The molecule has 0 fully saturated rings. The number of aromatic amines is 1. The van der Waals surface area contributed by atoms with Crippen LogP contribution in [0.25, 0.3) is 10.9 Å². The molecule has 4 aromatic rings. The first kappa shape index (κ1) is 19.5. The SMILES string of the molecule is CC(C)N(Cc1nc2ccccc2c(=O)[nH]1)C(=O)c1ccc(Cn2cncn2)cc1. The second-order valence-corrected chi connectivity index (χ2v) is 7.35. The van der Waals surface area contributed by atoms with Gasteiger partial charge in [0.1, 0.15) is 18.5 Å². The average molecular weight is 402 g/mol. The molecule has 2 aromatic carbocycles. The number of amides is 1. The Labute approximate surface area is 173 Å². The smallest absolute Gasteiger partial charge is 0.258 e. The summed E-state index contributed by atoms with van der Waals surface area (Å²) in [4.78, 5) is 38.4. The Balaban J connectivity index is 1.55. The number of para-hydroxylation sites is 1. The highest BCUT2D eigenvalue weighted by Gasteiger charge is 2.20. The van der Waals surface area contributed by atoms with E-state index in [0.29, 0.717) is 28.8 Å². The summed E-state index contributed by atoms with van der Waals surface area (Å²) in [5.74, 6) is 0.344. The van der Waals surface area contributed by atoms with Crippen LogP contribution in [0.15, 0.2) is 66.0 Å². The lowest BCUT2D eigenvalue weighted by atomic mass is 10.1. The van der Waals surface area contributed by atoms with Crippen LogP contribution < -0.4 is 5.56 Å². The summed E-state index contributed by atoms with van der Waals surface area (Å²) >= 11 is 0. The maximum Gasteiger partial charge on any atom is 0.258 e. The highest BCUT2D eigenvalue weighted by atomic mass is 16.2. The van der Waals surface area contributed by atoms with Crippen LogP contribution in [0.1, 0.15) is 35.6 Å². The van der Waals surface area contributed by atoms with Crippen LogP contribution in [0.5, 0.6) is 0 Å². The van der Waals surface area contributed by atoms with E-state index in [1.807, 2.05) is 32.0 Å². The Morgan fingerprint density at radius 1 is 1.13 bits per heavy atom. The summed E-state index contributed by atoms with van der Waals surface area (Å²) in [5.41, 5.74) is 2.01. The Morgan fingerprint density at radius 2 is 1.90 bits per heavy atom. The lowest BCUT2D eigenvalue weighted by molar-refractivity contribution is 0.0685. The minimum atomic E-state index is -0.204. The molecule has 0 aliphatic heterocycles. The molecule has 0 aliphatic carbocycles. The van der Waals surface area contributed by atoms with E-state index in [2.05, 4.69) is 20.1 Å². The van der Waals surface area contributed by atoms with Gasteiger partial charge in [0.05, 0.1) is 24.0 Å². The number of hydrogen-bond donors (Lipinski definition) is 1. The van der Waals surface area contributed by atoms with Crippen LogP contribution in [-0.4, -0.2) is 41.6 Å². The minimum Gasteiger partial charge on any atom is -0.329 e. The summed E-state index contributed by atoms with van der Waals surface area (Å²) in [6.07, 6.45) is 3.14. The molecule has 0 aliphatic rings. The second-order valence-electron chi connectivity index (χ2n) is 7.35. The van der Waals surface area contributed by atoms with E-state index < -0.39 is 0 Å². The molecule has 2 heterocycles. The highest BCUT2D eigenvalue weighted by molar-refractivity contribution is 5.94. The van der Waals surface area contributed by atoms with E-state index in [9.17, 15) is 9.59 Å². The highest BCUT2D eigenvalue weighted by Crippen LogP contribution is 2.14. The summed E-state index contributed by atoms with van der Waals surface area (Å²) in [7, 11) is 0. The van der Waals surface area contributed by atoms with Crippen molar-refractivity contribution in [2.45, 2.75) is 33.0 Å². The monoisotopic (exact) mass is 402 g/mol. The first-order valence-electron chi connectivity index (χ1n) is 9.71. The van der Waals surface area contributed by atoms with Crippen LogP contribution >= 0.6 is 0 Å². The number of carbonyl (C=O) groups is 1. The molecule has 8 nitrogen and oxygen atoms in total. The third kappa shape index (κ3) is 4.12. The molecular weight excluding hydrogens is 380 g/mol. The standard InChI is InChI=1S/C22H22N6O2/c1-15(2)28(12-20-25-19-6-4-3-5-18(19)21(29)26-20)22(30)17-9-7-16(8-10-17)11-27-14-23-13-24-27/h3-10,13-15H,11-12H2,1-2H3,(H,25,26,29). The van der Waals surface area contributed by atoms with Crippen LogP contribution in [0, 0.1) is 0 Å². The van der Waals surface area contributed by atoms with Crippen molar-refractivity contribution in [3.8, 4) is 0 Å². The van der Waals surface area contributed by atoms with Crippen molar-refractivity contribution < 1.29 is 4.79 Å². The van der Waals surface area contributed by atoms with Crippen molar-refractivity contribution in [3.63, 3.8) is 0 Å². The Kier molecular flexibility index (Phi) is 5.38. The average Bonchev–Trinajstić information content (AvgIpc) is 3.25. The molecule has 2 aromatic heterocycles. The normalized spacial score (nSPS) is 11.2. The van der Waals surface area contributed by atoms with Crippen LogP contribution in [0.3, 0.4) is 0 Å². The fourth-order valence-corrected chi connectivity index (χ4v) is 3.28. The van der Waals surface area contributed by atoms with Crippen molar-refractivity contribution in [1.82, 2.24) is 29.6 Å². The number of H-pyrrole nitrogens is 1. The number of hydrogen-bond acceptors (Lipinski definition) is 5. The third-order valence-electron chi connectivity index (χ3n) is 4.88. The van der Waals surface area contributed by atoms with Gasteiger partial charge in [-0.2, -0.15) is 5.10 Å². The van der Waals surface area contributed by atoms with E-state index >= 15 is 0 Å². The van der Waals surface area contributed by atoms with Gasteiger partial charge in [-0.05, 0) is 43.7 Å². The van der Waals surface area contributed by atoms with Gasteiger partial charge >= 0.3 is 0 Å². The van der Waals surface area contributed by atoms with Crippen molar-refractivity contribution in [1.29, 1.82) is 0 Å². The van der Waals surface area contributed by atoms with E-state index in [1.165, 1.54) is 6.33 Å². The summed E-state index contributed by atoms with van der Waals surface area (Å²) < 4.78 is 1.72. The molecule has 1 amide bonds. The first-order chi connectivity index (χ1) is 14.5. The molecule has 0 bridgehead atoms. The molecular formula is C22H22N6O2. The molecule has 152 valence electrons. The van der Waals surface area contributed by atoms with Gasteiger partial charge in [-0.3, -0.25) is 9.59 Å². The maximum atomic E-state index is 13.1. The largest absolute Gasteiger partial charge is 0.329 e. The lowest BCUT2D eigenvalue weighted by Gasteiger charge is -2.26. The number of nitrogens with zero attached hydrogens (tertiary/aromatic N) is 5. The third-order valence-corrected chi connectivity index (χ3v) is 4.88. The lowest BCUT2D eigenvalue weighted by Crippen LogP contribution is -2.37. The van der Waals surface area contributed by atoms with Gasteiger partial charge in [-0.15, -0.1) is 0 Å². The Bertz CT molecular complexity index is 1210. The fourth-order valence-electron chi connectivity index (χ4n) is 3.28. The van der Waals surface area contributed by atoms with Crippen LogP contribution in [0.2, 0.25) is 0 Å². The van der Waals surface area contributed by atoms with Crippen LogP contribution in [-0.2, 0) is 13.1 Å². The van der Waals surface area contributed by atoms with E-state index in [0.717, 1.165) is 5.56 Å². The zero-order chi connectivity index (χ0) is 21.1. The van der Waals surface area contributed by atoms with Gasteiger partial charge in [0.15, 0.2) is 0 Å². The summed E-state index contributed by atoms with van der Waals surface area (Å²) in [5, 5.41) is 4.62. The van der Waals surface area contributed by atoms with Gasteiger partial charge in [-0.1, -0.05) is 24.3 Å².